The Balaban J connectivity index is 4.35. The first-order valence-corrected chi connectivity index (χ1v) is 8.52. The molecule has 0 bridgehead atoms. The van der Waals surface area contributed by atoms with Crippen molar-refractivity contribution >= 4 is 23.9 Å². The van der Waals surface area contributed by atoms with Gasteiger partial charge < -0.3 is 43.9 Å². The van der Waals surface area contributed by atoms with Crippen molar-refractivity contribution in [1.82, 2.24) is 0 Å². The van der Waals surface area contributed by atoms with Gasteiger partial charge in [-0.2, -0.15) is 0 Å². The summed E-state index contributed by atoms with van der Waals surface area (Å²) < 4.78 is 10.3. The van der Waals surface area contributed by atoms with E-state index >= 15 is 0 Å². The molecule has 12 N–H and O–H groups in total. The number of aliphatic imine (C=N–C) groups is 2. The molecular weight excluding hydrogens is 356 g/mol. The minimum atomic E-state index is -1.51. The summed E-state index contributed by atoms with van der Waals surface area (Å²) in [5.41, 5.74) is 32.3. The number of hydrogen-bond donors (Lipinski definition) is 6. The van der Waals surface area contributed by atoms with E-state index in [9.17, 15) is 9.59 Å². The number of hydrogen-bond acceptors (Lipinski definition) is 8. The van der Waals surface area contributed by atoms with E-state index in [4.69, 9.17) is 43.9 Å². The predicted molar refractivity (Wildman–Crippen MR) is 102 cm³/mol. The second kappa shape index (κ2) is 11.9. The highest BCUT2D eigenvalue weighted by atomic mass is 16.7. The number of guanidine groups is 2. The van der Waals surface area contributed by atoms with Gasteiger partial charge in [-0.3, -0.25) is 19.6 Å². The molecule has 0 aliphatic rings. The van der Waals surface area contributed by atoms with Gasteiger partial charge in [-0.1, -0.05) is 0 Å². The molecule has 0 saturated carbocycles. The Bertz CT molecular complexity index is 496. The molecule has 0 aromatic carbocycles. The van der Waals surface area contributed by atoms with Crippen LogP contribution in [-0.2, 0) is 19.1 Å². The highest BCUT2D eigenvalue weighted by Crippen LogP contribution is 2.15. The first-order chi connectivity index (χ1) is 12.4. The quantitative estimate of drug-likeness (QED) is 0.0679. The van der Waals surface area contributed by atoms with Crippen LogP contribution < -0.4 is 34.4 Å². The molecule has 12 heteroatoms. The predicted octanol–water partition coefficient (Wildman–Crippen LogP) is -2.43. The summed E-state index contributed by atoms with van der Waals surface area (Å²) in [7, 11) is 0. The fraction of sp³-hybridized carbons (Fsp3) is 0.733. The van der Waals surface area contributed by atoms with Gasteiger partial charge in [-0.15, -0.1) is 0 Å². The Morgan fingerprint density at radius 2 is 1.15 bits per heavy atom. The van der Waals surface area contributed by atoms with Crippen molar-refractivity contribution < 1.29 is 19.1 Å². The standard InChI is InChI=1S/C15H32N8O4/c1-15(2,26-11(24)9(16)5-3-7-22-13(18)19)27-12(25)10(17)6-4-8-23-14(20)21/h9-10H,3-8,16-17H2,1-2H3,(H4,18,19,22)(H4,20,21,23). The van der Waals surface area contributed by atoms with Gasteiger partial charge in [0.15, 0.2) is 11.9 Å². The molecule has 0 fully saturated rings. The lowest BCUT2D eigenvalue weighted by Gasteiger charge is -2.27. The molecule has 0 aliphatic carbocycles. The van der Waals surface area contributed by atoms with Crippen LogP contribution in [0.25, 0.3) is 0 Å². The summed E-state index contributed by atoms with van der Waals surface area (Å²) in [6.45, 7) is 3.52. The van der Waals surface area contributed by atoms with E-state index in [-0.39, 0.29) is 11.9 Å². The molecule has 0 aromatic heterocycles. The summed E-state index contributed by atoms with van der Waals surface area (Å²) in [6, 6.07) is -1.80. The van der Waals surface area contributed by atoms with Gasteiger partial charge >= 0.3 is 11.9 Å². The van der Waals surface area contributed by atoms with Gasteiger partial charge in [0.25, 0.3) is 5.79 Å². The molecule has 0 heterocycles. The third-order valence-electron chi connectivity index (χ3n) is 3.23. The van der Waals surface area contributed by atoms with Crippen molar-refractivity contribution in [2.24, 2.45) is 44.4 Å². The molecule has 0 amide bonds. The number of carbonyl (C=O) groups excluding carboxylic acids is 2. The van der Waals surface area contributed by atoms with Gasteiger partial charge in [0, 0.05) is 26.9 Å². The maximum absolute atomic E-state index is 12.0. The summed E-state index contributed by atoms with van der Waals surface area (Å²) in [5.74, 6) is -3.00. The van der Waals surface area contributed by atoms with Crippen LogP contribution in [0.4, 0.5) is 0 Å². The minimum Gasteiger partial charge on any atom is -0.422 e. The van der Waals surface area contributed by atoms with Gasteiger partial charge in [0.05, 0.1) is 0 Å². The number of nitrogens with two attached hydrogens (primary N) is 6. The lowest BCUT2D eigenvalue weighted by atomic mass is 10.1. The SMILES string of the molecule is CC(C)(OC(=O)C(N)CCCN=C(N)N)OC(=O)C(N)CCCN=C(N)N. The van der Waals surface area contributed by atoms with Crippen LogP contribution in [0.2, 0.25) is 0 Å². The van der Waals surface area contributed by atoms with Gasteiger partial charge in [-0.25, -0.2) is 0 Å². The van der Waals surface area contributed by atoms with Gasteiger partial charge in [0.2, 0.25) is 0 Å². The maximum Gasteiger partial charge on any atom is 0.326 e. The third kappa shape index (κ3) is 12.4. The summed E-state index contributed by atoms with van der Waals surface area (Å²) in [5, 5.41) is 0. The van der Waals surface area contributed by atoms with E-state index in [0.29, 0.717) is 38.8 Å². The van der Waals surface area contributed by atoms with Crippen LogP contribution in [0, 0.1) is 0 Å². The Kier molecular flexibility index (Phi) is 10.8. The zero-order chi connectivity index (χ0) is 21.0. The van der Waals surface area contributed by atoms with Crippen molar-refractivity contribution in [3.8, 4) is 0 Å². The zero-order valence-corrected chi connectivity index (χ0v) is 15.9. The molecule has 2 unspecified atom stereocenters. The maximum atomic E-state index is 12.0. The topological polar surface area (TPSA) is 233 Å². The lowest BCUT2D eigenvalue weighted by Crippen LogP contribution is -2.44. The van der Waals surface area contributed by atoms with E-state index in [2.05, 4.69) is 9.98 Å². The zero-order valence-electron chi connectivity index (χ0n) is 15.9. The Morgan fingerprint density at radius 3 is 1.44 bits per heavy atom. The molecule has 0 saturated heterocycles. The van der Waals surface area contributed by atoms with Crippen LogP contribution >= 0.6 is 0 Å². The number of rotatable bonds is 12. The van der Waals surface area contributed by atoms with Gasteiger partial charge in [-0.05, 0) is 25.7 Å². The van der Waals surface area contributed by atoms with E-state index in [0.717, 1.165) is 0 Å². The Morgan fingerprint density at radius 1 is 0.815 bits per heavy atom. The van der Waals surface area contributed by atoms with E-state index in [1.165, 1.54) is 13.8 Å². The highest BCUT2D eigenvalue weighted by molar-refractivity contribution is 5.78. The average Bonchev–Trinajstić information content (AvgIpc) is 2.53. The van der Waals surface area contributed by atoms with E-state index in [1.807, 2.05) is 0 Å². The van der Waals surface area contributed by atoms with E-state index < -0.39 is 29.8 Å². The number of ether oxygens (including phenoxy) is 2. The van der Waals surface area contributed by atoms with Crippen LogP contribution in [0.15, 0.2) is 9.98 Å². The fourth-order valence-corrected chi connectivity index (χ4v) is 1.93. The molecule has 0 rings (SSSR count). The molecule has 0 radical (unpaired) electrons. The normalized spacial score (nSPS) is 13.2. The molecule has 12 nitrogen and oxygen atoms in total. The van der Waals surface area contributed by atoms with Crippen molar-refractivity contribution in [3.05, 3.63) is 0 Å². The summed E-state index contributed by atoms with van der Waals surface area (Å²) in [4.78, 5) is 31.6. The van der Waals surface area contributed by atoms with E-state index in [1.54, 1.807) is 0 Å². The number of nitrogens with zero attached hydrogens (tertiary/aromatic N) is 2. The average molecular weight is 388 g/mol. The van der Waals surface area contributed by atoms with Gasteiger partial charge in [0.1, 0.15) is 12.1 Å². The Hall–Kier alpha value is -2.60. The minimum absolute atomic E-state index is 0.0335. The second-order valence-corrected chi connectivity index (χ2v) is 6.35. The smallest absolute Gasteiger partial charge is 0.326 e. The molecule has 27 heavy (non-hydrogen) atoms. The first-order valence-electron chi connectivity index (χ1n) is 8.52. The number of carbonyl (C=O) groups is 2. The summed E-state index contributed by atoms with van der Waals surface area (Å²) in [6.07, 6.45) is 1.61. The van der Waals surface area contributed by atoms with Crippen molar-refractivity contribution in [1.29, 1.82) is 0 Å². The lowest BCUT2D eigenvalue weighted by molar-refractivity contribution is -0.218. The van der Waals surface area contributed by atoms with Crippen LogP contribution in [0.3, 0.4) is 0 Å². The molecule has 0 aliphatic heterocycles. The molecule has 0 spiro atoms. The number of esters is 2. The van der Waals surface area contributed by atoms with Crippen LogP contribution in [-0.4, -0.2) is 54.8 Å². The van der Waals surface area contributed by atoms with Crippen molar-refractivity contribution in [2.45, 2.75) is 57.4 Å². The third-order valence-corrected chi connectivity index (χ3v) is 3.23. The van der Waals surface area contributed by atoms with Crippen LogP contribution in [0.5, 0.6) is 0 Å². The molecule has 0 aromatic rings. The first kappa shape index (κ1) is 24.4. The fourth-order valence-electron chi connectivity index (χ4n) is 1.93. The molecule has 2 atom stereocenters. The monoisotopic (exact) mass is 388 g/mol. The van der Waals surface area contributed by atoms with Crippen molar-refractivity contribution in [3.63, 3.8) is 0 Å². The second-order valence-electron chi connectivity index (χ2n) is 6.35. The Labute approximate surface area is 158 Å². The largest absolute Gasteiger partial charge is 0.422 e. The molecule has 156 valence electrons. The van der Waals surface area contributed by atoms with Crippen molar-refractivity contribution in [2.75, 3.05) is 13.1 Å². The van der Waals surface area contributed by atoms with Crippen LogP contribution in [0.1, 0.15) is 39.5 Å². The highest BCUT2D eigenvalue weighted by Gasteiger charge is 2.31. The summed E-state index contributed by atoms with van der Waals surface area (Å²) >= 11 is 0. The molecular formula is C15H32N8O4.